The van der Waals surface area contributed by atoms with Crippen LogP contribution in [0.4, 0.5) is 17.5 Å². The minimum atomic E-state index is 0.746. The largest absolute Gasteiger partial charge is 0.368 e. The van der Waals surface area contributed by atoms with Crippen LogP contribution in [-0.2, 0) is 0 Å². The van der Waals surface area contributed by atoms with E-state index in [1.807, 2.05) is 0 Å². The average Bonchev–Trinajstić information content (AvgIpc) is 2.68. The van der Waals surface area contributed by atoms with Gasteiger partial charge in [-0.25, -0.2) is 4.98 Å². The standard InChI is InChI=1S/C22H31N5/c1-17-6-4-8-20(14-17)25-10-12-26(13-11-25)22-23-19(3)15-21(24-22)27-9-5-7-18(2)16-27/h4,6,8,14-15,18H,5,7,9-13,16H2,1-3H3. The fourth-order valence-electron chi connectivity index (χ4n) is 4.23. The van der Waals surface area contributed by atoms with Crippen LogP contribution in [0, 0.1) is 19.8 Å². The van der Waals surface area contributed by atoms with Crippen molar-refractivity contribution in [3.63, 3.8) is 0 Å². The Balaban J connectivity index is 1.46. The Labute approximate surface area is 163 Å². The van der Waals surface area contributed by atoms with Crippen LogP contribution in [0.5, 0.6) is 0 Å². The lowest BCUT2D eigenvalue weighted by Crippen LogP contribution is -2.47. The number of benzene rings is 1. The molecule has 1 aromatic heterocycles. The van der Waals surface area contributed by atoms with Crippen LogP contribution < -0.4 is 14.7 Å². The topological polar surface area (TPSA) is 35.5 Å². The van der Waals surface area contributed by atoms with Crippen molar-refractivity contribution in [2.45, 2.75) is 33.6 Å². The van der Waals surface area contributed by atoms with E-state index in [9.17, 15) is 0 Å². The highest BCUT2D eigenvalue weighted by atomic mass is 15.3. The maximum Gasteiger partial charge on any atom is 0.227 e. The predicted octanol–water partition coefficient (Wildman–Crippen LogP) is 3.66. The van der Waals surface area contributed by atoms with Crippen LogP contribution in [0.2, 0.25) is 0 Å². The zero-order valence-corrected chi connectivity index (χ0v) is 16.9. The maximum atomic E-state index is 4.95. The molecule has 2 aromatic rings. The molecule has 5 nitrogen and oxygen atoms in total. The molecule has 3 heterocycles. The third kappa shape index (κ3) is 4.18. The number of hydrogen-bond donors (Lipinski definition) is 0. The van der Waals surface area contributed by atoms with Crippen molar-refractivity contribution in [3.8, 4) is 0 Å². The third-order valence-corrected chi connectivity index (χ3v) is 5.74. The predicted molar refractivity (Wildman–Crippen MR) is 113 cm³/mol. The SMILES string of the molecule is Cc1cccc(N2CCN(c3nc(C)cc(N4CCCC(C)C4)n3)CC2)c1. The molecule has 2 aliphatic heterocycles. The summed E-state index contributed by atoms with van der Waals surface area (Å²) in [6.07, 6.45) is 2.59. The molecule has 144 valence electrons. The number of nitrogens with zero attached hydrogens (tertiary/aromatic N) is 5. The van der Waals surface area contributed by atoms with Gasteiger partial charge in [0.25, 0.3) is 0 Å². The van der Waals surface area contributed by atoms with Crippen molar-refractivity contribution in [3.05, 3.63) is 41.6 Å². The van der Waals surface area contributed by atoms with E-state index in [-0.39, 0.29) is 0 Å². The molecule has 0 bridgehead atoms. The number of piperazine rings is 1. The van der Waals surface area contributed by atoms with E-state index in [4.69, 9.17) is 9.97 Å². The van der Waals surface area contributed by atoms with Crippen molar-refractivity contribution in [1.29, 1.82) is 0 Å². The van der Waals surface area contributed by atoms with E-state index in [0.29, 0.717) is 0 Å². The summed E-state index contributed by atoms with van der Waals surface area (Å²) in [5.41, 5.74) is 3.70. The van der Waals surface area contributed by atoms with Gasteiger partial charge in [-0.3, -0.25) is 0 Å². The number of rotatable bonds is 3. The van der Waals surface area contributed by atoms with Gasteiger partial charge in [0.2, 0.25) is 5.95 Å². The Kier molecular flexibility index (Phi) is 5.19. The van der Waals surface area contributed by atoms with Gasteiger partial charge in [-0.1, -0.05) is 19.1 Å². The molecule has 0 N–H and O–H groups in total. The van der Waals surface area contributed by atoms with Gasteiger partial charge in [-0.05, 0) is 50.3 Å². The molecule has 0 saturated carbocycles. The van der Waals surface area contributed by atoms with Gasteiger partial charge in [-0.2, -0.15) is 4.98 Å². The number of anilines is 3. The Morgan fingerprint density at radius 2 is 1.67 bits per heavy atom. The lowest BCUT2D eigenvalue weighted by atomic mass is 10.0. The van der Waals surface area contributed by atoms with Gasteiger partial charge in [0.15, 0.2) is 0 Å². The fraction of sp³-hybridized carbons (Fsp3) is 0.545. The van der Waals surface area contributed by atoms with Gasteiger partial charge >= 0.3 is 0 Å². The molecule has 0 radical (unpaired) electrons. The molecule has 1 unspecified atom stereocenters. The van der Waals surface area contributed by atoms with Crippen LogP contribution in [0.1, 0.15) is 31.0 Å². The van der Waals surface area contributed by atoms with Crippen LogP contribution in [0.25, 0.3) is 0 Å². The van der Waals surface area contributed by atoms with Crippen molar-refractivity contribution in [1.82, 2.24) is 9.97 Å². The maximum absolute atomic E-state index is 4.95. The second-order valence-electron chi connectivity index (χ2n) is 8.17. The molecule has 5 heteroatoms. The highest BCUT2D eigenvalue weighted by molar-refractivity contribution is 5.51. The van der Waals surface area contributed by atoms with Gasteiger partial charge in [-0.15, -0.1) is 0 Å². The Morgan fingerprint density at radius 3 is 2.41 bits per heavy atom. The molecule has 27 heavy (non-hydrogen) atoms. The van der Waals surface area contributed by atoms with Crippen LogP contribution in [0.15, 0.2) is 30.3 Å². The summed E-state index contributed by atoms with van der Waals surface area (Å²) in [7, 11) is 0. The smallest absolute Gasteiger partial charge is 0.227 e. The normalized spacial score (nSPS) is 20.9. The van der Waals surface area contributed by atoms with Crippen LogP contribution in [-0.4, -0.2) is 49.2 Å². The second kappa shape index (κ2) is 7.75. The number of aryl methyl sites for hydroxylation is 2. The summed E-state index contributed by atoms with van der Waals surface area (Å²) in [6.45, 7) is 12.8. The highest BCUT2D eigenvalue weighted by Gasteiger charge is 2.22. The van der Waals surface area contributed by atoms with Crippen LogP contribution >= 0.6 is 0 Å². The summed E-state index contributed by atoms with van der Waals surface area (Å²) in [6, 6.07) is 10.9. The molecule has 0 aliphatic carbocycles. The molecule has 2 fully saturated rings. The van der Waals surface area contributed by atoms with Gasteiger partial charge in [0.1, 0.15) is 5.82 Å². The molecule has 1 atom stereocenters. The summed E-state index contributed by atoms with van der Waals surface area (Å²) in [5.74, 6) is 2.74. The van der Waals surface area contributed by atoms with Crippen LogP contribution in [0.3, 0.4) is 0 Å². The minimum absolute atomic E-state index is 0.746. The minimum Gasteiger partial charge on any atom is -0.368 e. The summed E-state index contributed by atoms with van der Waals surface area (Å²) in [5, 5.41) is 0. The first-order chi connectivity index (χ1) is 13.1. The van der Waals surface area contributed by atoms with Crippen molar-refractivity contribution >= 4 is 17.5 Å². The van der Waals surface area contributed by atoms with E-state index in [1.165, 1.54) is 24.1 Å². The molecule has 4 rings (SSSR count). The fourth-order valence-corrected chi connectivity index (χ4v) is 4.23. The van der Waals surface area contributed by atoms with E-state index >= 15 is 0 Å². The van der Waals surface area contributed by atoms with Gasteiger partial charge in [0.05, 0.1) is 0 Å². The molecule has 0 spiro atoms. The number of piperidine rings is 1. The van der Waals surface area contributed by atoms with Crippen molar-refractivity contribution in [2.75, 3.05) is 54.0 Å². The first kappa shape index (κ1) is 18.1. The summed E-state index contributed by atoms with van der Waals surface area (Å²) < 4.78 is 0. The van der Waals surface area contributed by atoms with Crippen molar-refractivity contribution in [2.24, 2.45) is 5.92 Å². The summed E-state index contributed by atoms with van der Waals surface area (Å²) in [4.78, 5) is 17.0. The zero-order chi connectivity index (χ0) is 18.8. The Hall–Kier alpha value is -2.30. The highest BCUT2D eigenvalue weighted by Crippen LogP contribution is 2.25. The molecule has 2 aliphatic rings. The molecule has 1 aromatic carbocycles. The Morgan fingerprint density at radius 1 is 0.889 bits per heavy atom. The Bertz CT molecular complexity index is 782. The van der Waals surface area contributed by atoms with Gasteiger partial charge < -0.3 is 14.7 Å². The molecule has 0 amide bonds. The van der Waals surface area contributed by atoms with E-state index in [0.717, 1.165) is 62.6 Å². The van der Waals surface area contributed by atoms with Gasteiger partial charge in [0, 0.05) is 56.7 Å². The molecular formula is C22H31N5. The first-order valence-electron chi connectivity index (χ1n) is 10.3. The van der Waals surface area contributed by atoms with E-state index in [2.05, 4.69) is 65.8 Å². The average molecular weight is 366 g/mol. The quantitative estimate of drug-likeness (QED) is 0.829. The summed E-state index contributed by atoms with van der Waals surface area (Å²) >= 11 is 0. The number of aromatic nitrogens is 2. The lowest BCUT2D eigenvalue weighted by Gasteiger charge is -2.37. The second-order valence-corrected chi connectivity index (χ2v) is 8.17. The van der Waals surface area contributed by atoms with Crippen molar-refractivity contribution < 1.29 is 0 Å². The van der Waals surface area contributed by atoms with E-state index in [1.54, 1.807) is 0 Å². The number of hydrogen-bond acceptors (Lipinski definition) is 5. The molecular weight excluding hydrogens is 334 g/mol. The van der Waals surface area contributed by atoms with E-state index < -0.39 is 0 Å². The zero-order valence-electron chi connectivity index (χ0n) is 16.9. The lowest BCUT2D eigenvalue weighted by molar-refractivity contribution is 0.444. The first-order valence-corrected chi connectivity index (χ1v) is 10.3. The monoisotopic (exact) mass is 365 g/mol. The third-order valence-electron chi connectivity index (χ3n) is 5.74. The molecule has 2 saturated heterocycles.